The minimum absolute atomic E-state index is 0.413. The molecular formula is C23H27N7. The fraction of sp³-hybridized carbons (Fsp3) is 0.478. The van der Waals surface area contributed by atoms with Crippen molar-refractivity contribution in [3.8, 4) is 6.07 Å². The van der Waals surface area contributed by atoms with Crippen molar-refractivity contribution in [3.05, 3.63) is 41.2 Å². The van der Waals surface area contributed by atoms with Crippen molar-refractivity contribution in [2.45, 2.75) is 50.9 Å². The summed E-state index contributed by atoms with van der Waals surface area (Å²) in [6.45, 7) is 3.87. The van der Waals surface area contributed by atoms with E-state index in [0.717, 1.165) is 60.7 Å². The number of hydrogen-bond donors (Lipinski definition) is 2. The van der Waals surface area contributed by atoms with Crippen LogP contribution in [0.4, 0.5) is 11.5 Å². The number of nitriles is 1. The smallest absolute Gasteiger partial charge is 0.183 e. The highest BCUT2D eigenvalue weighted by atomic mass is 15.3. The topological polar surface area (TPSA) is 108 Å². The van der Waals surface area contributed by atoms with E-state index in [0.29, 0.717) is 23.3 Å². The molecule has 1 atom stereocenters. The SMILES string of the molecule is CC1CCN(c2n[nH]c3nc(C4CCC(CN)CC4)cnc23)c2ccc(C#N)cc21. The predicted octanol–water partition coefficient (Wildman–Crippen LogP) is 4.10. The Morgan fingerprint density at radius 3 is 2.83 bits per heavy atom. The van der Waals surface area contributed by atoms with Gasteiger partial charge in [-0.2, -0.15) is 10.4 Å². The second-order valence-corrected chi connectivity index (χ2v) is 8.72. The molecule has 3 aromatic rings. The van der Waals surface area contributed by atoms with Gasteiger partial charge in [0, 0.05) is 24.3 Å². The number of nitrogens with zero attached hydrogens (tertiary/aromatic N) is 5. The third-order valence-corrected chi connectivity index (χ3v) is 6.89. The van der Waals surface area contributed by atoms with Crippen LogP contribution < -0.4 is 10.6 Å². The first-order chi connectivity index (χ1) is 14.7. The lowest BCUT2D eigenvalue weighted by Gasteiger charge is -2.33. The Morgan fingerprint density at radius 2 is 2.07 bits per heavy atom. The maximum absolute atomic E-state index is 9.27. The average molecular weight is 402 g/mol. The summed E-state index contributed by atoms with van der Waals surface area (Å²) in [6.07, 6.45) is 7.53. The van der Waals surface area contributed by atoms with Crippen LogP contribution in [-0.2, 0) is 0 Å². The molecule has 2 aliphatic rings. The molecule has 7 nitrogen and oxygen atoms in total. The van der Waals surface area contributed by atoms with Gasteiger partial charge in [0.1, 0.15) is 0 Å². The molecule has 1 aromatic carbocycles. The summed E-state index contributed by atoms with van der Waals surface area (Å²) in [7, 11) is 0. The molecule has 5 rings (SSSR count). The van der Waals surface area contributed by atoms with E-state index in [9.17, 15) is 5.26 Å². The molecule has 3 N–H and O–H groups in total. The van der Waals surface area contributed by atoms with Crippen molar-refractivity contribution in [1.82, 2.24) is 20.2 Å². The second-order valence-electron chi connectivity index (χ2n) is 8.72. The zero-order valence-corrected chi connectivity index (χ0v) is 17.3. The molecule has 7 heteroatoms. The summed E-state index contributed by atoms with van der Waals surface area (Å²) in [5, 5.41) is 17.0. The number of anilines is 2. The number of aromatic nitrogens is 4. The lowest BCUT2D eigenvalue weighted by Crippen LogP contribution is -2.26. The van der Waals surface area contributed by atoms with Gasteiger partial charge in [-0.1, -0.05) is 6.92 Å². The Bertz CT molecular complexity index is 1100. The minimum atomic E-state index is 0.413. The highest BCUT2D eigenvalue weighted by molar-refractivity contribution is 5.87. The molecular weight excluding hydrogens is 374 g/mol. The summed E-state index contributed by atoms with van der Waals surface area (Å²) in [5.74, 6) is 2.34. The van der Waals surface area contributed by atoms with Crippen LogP contribution in [0, 0.1) is 17.2 Å². The summed E-state index contributed by atoms with van der Waals surface area (Å²) in [4.78, 5) is 11.9. The summed E-state index contributed by atoms with van der Waals surface area (Å²) in [5.41, 5.74) is 11.4. The van der Waals surface area contributed by atoms with Gasteiger partial charge in [0.05, 0.1) is 17.3 Å². The van der Waals surface area contributed by atoms with Crippen LogP contribution in [0.2, 0.25) is 0 Å². The molecule has 1 saturated carbocycles. The zero-order valence-electron chi connectivity index (χ0n) is 17.3. The van der Waals surface area contributed by atoms with Gasteiger partial charge in [0.15, 0.2) is 17.0 Å². The number of rotatable bonds is 3. The lowest BCUT2D eigenvalue weighted by atomic mass is 9.81. The zero-order chi connectivity index (χ0) is 20.7. The summed E-state index contributed by atoms with van der Waals surface area (Å²) in [6, 6.07) is 8.16. The van der Waals surface area contributed by atoms with E-state index in [1.807, 2.05) is 24.4 Å². The third kappa shape index (κ3) is 3.21. The van der Waals surface area contributed by atoms with Gasteiger partial charge in [0.2, 0.25) is 0 Å². The van der Waals surface area contributed by atoms with Crippen LogP contribution in [0.25, 0.3) is 11.2 Å². The van der Waals surface area contributed by atoms with Gasteiger partial charge < -0.3 is 10.6 Å². The van der Waals surface area contributed by atoms with Gasteiger partial charge in [-0.05, 0) is 74.2 Å². The third-order valence-electron chi connectivity index (χ3n) is 6.89. The largest absolute Gasteiger partial charge is 0.330 e. The molecule has 0 amide bonds. The van der Waals surface area contributed by atoms with Crippen molar-refractivity contribution >= 4 is 22.7 Å². The van der Waals surface area contributed by atoms with Crippen LogP contribution in [0.15, 0.2) is 24.4 Å². The Hall–Kier alpha value is -2.98. The van der Waals surface area contributed by atoms with Gasteiger partial charge in [0.25, 0.3) is 0 Å². The van der Waals surface area contributed by atoms with E-state index in [-0.39, 0.29) is 0 Å². The molecule has 0 spiro atoms. The van der Waals surface area contributed by atoms with Crippen LogP contribution in [0.1, 0.15) is 67.7 Å². The highest BCUT2D eigenvalue weighted by Gasteiger charge is 2.28. The highest BCUT2D eigenvalue weighted by Crippen LogP contribution is 2.41. The van der Waals surface area contributed by atoms with Crippen molar-refractivity contribution in [1.29, 1.82) is 5.26 Å². The van der Waals surface area contributed by atoms with E-state index in [4.69, 9.17) is 15.7 Å². The molecule has 2 aromatic heterocycles. The van der Waals surface area contributed by atoms with Crippen LogP contribution in [-0.4, -0.2) is 33.3 Å². The molecule has 1 fully saturated rings. The molecule has 1 aliphatic heterocycles. The normalized spacial score (nSPS) is 23.9. The van der Waals surface area contributed by atoms with E-state index >= 15 is 0 Å². The summed E-state index contributed by atoms with van der Waals surface area (Å²) < 4.78 is 0. The van der Waals surface area contributed by atoms with E-state index in [1.165, 1.54) is 18.4 Å². The number of benzene rings is 1. The number of nitrogens with one attached hydrogen (secondary N) is 1. The molecule has 0 radical (unpaired) electrons. The maximum atomic E-state index is 9.27. The van der Waals surface area contributed by atoms with E-state index in [2.05, 4.69) is 28.1 Å². The average Bonchev–Trinajstić information content (AvgIpc) is 3.22. The van der Waals surface area contributed by atoms with Crippen molar-refractivity contribution in [3.63, 3.8) is 0 Å². The summed E-state index contributed by atoms with van der Waals surface area (Å²) >= 11 is 0. The van der Waals surface area contributed by atoms with Crippen LogP contribution in [0.5, 0.6) is 0 Å². The predicted molar refractivity (Wildman–Crippen MR) is 117 cm³/mol. The monoisotopic (exact) mass is 401 g/mol. The van der Waals surface area contributed by atoms with Crippen LogP contribution >= 0.6 is 0 Å². The molecule has 3 heterocycles. The molecule has 1 aliphatic carbocycles. The van der Waals surface area contributed by atoms with E-state index < -0.39 is 0 Å². The lowest BCUT2D eigenvalue weighted by molar-refractivity contribution is 0.329. The molecule has 1 unspecified atom stereocenters. The fourth-order valence-corrected chi connectivity index (χ4v) is 4.97. The number of aromatic amines is 1. The van der Waals surface area contributed by atoms with Crippen LogP contribution in [0.3, 0.4) is 0 Å². The molecule has 154 valence electrons. The van der Waals surface area contributed by atoms with Crippen molar-refractivity contribution < 1.29 is 0 Å². The van der Waals surface area contributed by atoms with Gasteiger partial charge >= 0.3 is 0 Å². The van der Waals surface area contributed by atoms with Gasteiger partial charge in [-0.25, -0.2) is 9.97 Å². The molecule has 0 bridgehead atoms. The Balaban J connectivity index is 1.47. The van der Waals surface area contributed by atoms with E-state index in [1.54, 1.807) is 0 Å². The molecule has 30 heavy (non-hydrogen) atoms. The minimum Gasteiger partial charge on any atom is -0.330 e. The first-order valence-corrected chi connectivity index (χ1v) is 10.9. The second kappa shape index (κ2) is 7.69. The Kier molecular flexibility index (Phi) is 4.87. The first-order valence-electron chi connectivity index (χ1n) is 10.9. The Morgan fingerprint density at radius 1 is 1.23 bits per heavy atom. The van der Waals surface area contributed by atoms with Gasteiger partial charge in [-0.15, -0.1) is 0 Å². The van der Waals surface area contributed by atoms with Gasteiger partial charge in [-0.3, -0.25) is 5.10 Å². The quantitative estimate of drug-likeness (QED) is 0.684. The Labute approximate surface area is 176 Å². The van der Waals surface area contributed by atoms with Crippen molar-refractivity contribution in [2.24, 2.45) is 11.7 Å². The standard InChI is InChI=1S/C23H27N7/c1-14-8-9-30(20-7-4-16(12-25)10-18(14)20)23-21-22(28-29-23)27-19(13-26-21)17-5-2-15(11-24)3-6-17/h4,7,10,13-15,17H,2-3,5-6,8-9,11,24H2,1H3,(H,27,28,29). The number of fused-ring (bicyclic) bond motifs is 2. The number of hydrogen-bond acceptors (Lipinski definition) is 6. The fourth-order valence-electron chi connectivity index (χ4n) is 4.97. The van der Waals surface area contributed by atoms with Crippen molar-refractivity contribution in [2.75, 3.05) is 18.0 Å². The molecule has 0 saturated heterocycles. The maximum Gasteiger partial charge on any atom is 0.183 e. The first kappa shape index (κ1) is 19.0. The number of nitrogens with two attached hydrogens (primary N) is 1. The number of H-pyrrole nitrogens is 1.